The highest BCUT2D eigenvalue weighted by Crippen LogP contribution is 2.22. The number of anilines is 1. The molecule has 5 nitrogen and oxygen atoms in total. The zero-order valence-corrected chi connectivity index (χ0v) is 16.2. The van der Waals surface area contributed by atoms with Crippen molar-refractivity contribution < 1.29 is 9.53 Å². The van der Waals surface area contributed by atoms with Crippen molar-refractivity contribution in [3.8, 4) is 0 Å². The second-order valence-corrected chi connectivity index (χ2v) is 6.63. The maximum Gasteiger partial charge on any atom is 0.409 e. The van der Waals surface area contributed by atoms with Gasteiger partial charge in [0.2, 0.25) is 0 Å². The van der Waals surface area contributed by atoms with Crippen LogP contribution in [0.4, 0.5) is 10.5 Å². The molecule has 25 heavy (non-hydrogen) atoms. The standard InChI is InChI=1S/C19H29N3O2S/c1-4-14-8-7-9-15(5-2)17(14)21-18(25)20-16-10-12-22(13-11-16)19(23)24-6-3/h7-9,16H,4-6,10-13H2,1-3H3,(H2,20,21,25). The molecule has 138 valence electrons. The number of hydrogen-bond acceptors (Lipinski definition) is 3. The Balaban J connectivity index is 1.89. The Hall–Kier alpha value is -1.82. The van der Waals surface area contributed by atoms with E-state index in [1.807, 2.05) is 6.92 Å². The average Bonchev–Trinajstić information content (AvgIpc) is 2.62. The van der Waals surface area contributed by atoms with Crippen LogP contribution in [-0.2, 0) is 17.6 Å². The maximum absolute atomic E-state index is 11.8. The Morgan fingerprint density at radius 1 is 1.20 bits per heavy atom. The Labute approximate surface area is 156 Å². The van der Waals surface area contributed by atoms with Gasteiger partial charge < -0.3 is 20.3 Å². The molecule has 2 rings (SSSR count). The summed E-state index contributed by atoms with van der Waals surface area (Å²) in [5.41, 5.74) is 3.69. The van der Waals surface area contributed by atoms with Crippen LogP contribution in [0.15, 0.2) is 18.2 Å². The minimum absolute atomic E-state index is 0.217. The van der Waals surface area contributed by atoms with Crippen molar-refractivity contribution in [1.29, 1.82) is 0 Å². The van der Waals surface area contributed by atoms with E-state index in [9.17, 15) is 4.79 Å². The van der Waals surface area contributed by atoms with E-state index in [1.54, 1.807) is 4.90 Å². The summed E-state index contributed by atoms with van der Waals surface area (Å²) in [6.07, 6.45) is 3.46. The van der Waals surface area contributed by atoms with Gasteiger partial charge in [0.25, 0.3) is 0 Å². The highest BCUT2D eigenvalue weighted by Gasteiger charge is 2.24. The second-order valence-electron chi connectivity index (χ2n) is 6.22. The predicted octanol–water partition coefficient (Wildman–Crippen LogP) is 3.72. The number of nitrogens with one attached hydrogen (secondary N) is 2. The summed E-state index contributed by atoms with van der Waals surface area (Å²) >= 11 is 5.53. The number of piperidine rings is 1. The van der Waals surface area contributed by atoms with Crippen LogP contribution in [0.3, 0.4) is 0 Å². The van der Waals surface area contributed by atoms with Gasteiger partial charge in [-0.05, 0) is 56.0 Å². The molecule has 6 heteroatoms. The smallest absolute Gasteiger partial charge is 0.409 e. The number of nitrogens with zero attached hydrogens (tertiary/aromatic N) is 1. The van der Waals surface area contributed by atoms with Crippen molar-refractivity contribution in [3.05, 3.63) is 29.3 Å². The average molecular weight is 364 g/mol. The van der Waals surface area contributed by atoms with Crippen molar-refractivity contribution in [3.63, 3.8) is 0 Å². The van der Waals surface area contributed by atoms with Crippen molar-refractivity contribution in [2.75, 3.05) is 25.0 Å². The molecule has 1 aromatic carbocycles. The summed E-state index contributed by atoms with van der Waals surface area (Å²) in [7, 11) is 0. The third-order valence-corrected chi connectivity index (χ3v) is 4.81. The fourth-order valence-electron chi connectivity index (χ4n) is 3.16. The van der Waals surface area contributed by atoms with Crippen molar-refractivity contribution in [2.45, 2.75) is 52.5 Å². The van der Waals surface area contributed by atoms with Crippen LogP contribution in [0.2, 0.25) is 0 Å². The normalized spacial score (nSPS) is 14.9. The molecule has 0 aliphatic carbocycles. The lowest BCUT2D eigenvalue weighted by Gasteiger charge is -2.32. The molecule has 1 aromatic rings. The fraction of sp³-hybridized carbons (Fsp3) is 0.579. The number of ether oxygens (including phenoxy) is 1. The number of carbonyl (C=O) groups is 1. The summed E-state index contributed by atoms with van der Waals surface area (Å²) < 4.78 is 5.06. The Morgan fingerprint density at radius 2 is 1.80 bits per heavy atom. The zero-order chi connectivity index (χ0) is 18.2. The zero-order valence-electron chi connectivity index (χ0n) is 15.4. The molecule has 0 unspecified atom stereocenters. The van der Waals surface area contributed by atoms with Gasteiger partial charge in [-0.1, -0.05) is 32.0 Å². The largest absolute Gasteiger partial charge is 0.450 e. The Kier molecular flexibility index (Phi) is 7.50. The third-order valence-electron chi connectivity index (χ3n) is 4.59. The van der Waals surface area contributed by atoms with E-state index in [2.05, 4.69) is 42.7 Å². The molecular weight excluding hydrogens is 334 g/mol. The number of amides is 1. The molecule has 1 heterocycles. The first-order valence-electron chi connectivity index (χ1n) is 9.18. The molecular formula is C19H29N3O2S. The molecule has 1 saturated heterocycles. The summed E-state index contributed by atoms with van der Waals surface area (Å²) in [5, 5.41) is 7.46. The molecule has 1 aliphatic heterocycles. The van der Waals surface area contributed by atoms with Gasteiger partial charge in [-0.3, -0.25) is 0 Å². The van der Waals surface area contributed by atoms with E-state index in [-0.39, 0.29) is 12.1 Å². The maximum atomic E-state index is 11.8. The van der Waals surface area contributed by atoms with E-state index >= 15 is 0 Å². The van der Waals surface area contributed by atoms with E-state index in [1.165, 1.54) is 11.1 Å². The van der Waals surface area contributed by atoms with Crippen LogP contribution < -0.4 is 10.6 Å². The lowest BCUT2D eigenvalue weighted by atomic mass is 10.0. The summed E-state index contributed by atoms with van der Waals surface area (Å²) in [6, 6.07) is 6.67. The molecule has 0 atom stereocenters. The van der Waals surface area contributed by atoms with Gasteiger partial charge in [-0.2, -0.15) is 0 Å². The van der Waals surface area contributed by atoms with Gasteiger partial charge in [-0.15, -0.1) is 0 Å². The van der Waals surface area contributed by atoms with Crippen LogP contribution in [0, 0.1) is 0 Å². The van der Waals surface area contributed by atoms with Crippen LogP contribution >= 0.6 is 12.2 Å². The second kappa shape index (κ2) is 9.61. The first kappa shape index (κ1) is 19.5. The SMILES string of the molecule is CCOC(=O)N1CCC(NC(=S)Nc2c(CC)cccc2CC)CC1. The van der Waals surface area contributed by atoms with Gasteiger partial charge in [0.15, 0.2) is 5.11 Å². The third kappa shape index (κ3) is 5.33. The molecule has 1 fully saturated rings. The molecule has 0 bridgehead atoms. The minimum atomic E-state index is -0.217. The van der Waals surface area contributed by atoms with Gasteiger partial charge in [0.05, 0.1) is 6.61 Å². The number of rotatable bonds is 5. The molecule has 1 aliphatic rings. The number of likely N-dealkylation sites (tertiary alicyclic amines) is 1. The number of aryl methyl sites for hydroxylation is 2. The topological polar surface area (TPSA) is 53.6 Å². The monoisotopic (exact) mass is 363 g/mol. The number of carbonyl (C=O) groups excluding carboxylic acids is 1. The fourth-order valence-corrected chi connectivity index (χ4v) is 3.43. The van der Waals surface area contributed by atoms with Crippen LogP contribution in [0.1, 0.15) is 44.7 Å². The Bertz CT molecular complexity index is 576. The van der Waals surface area contributed by atoms with Gasteiger partial charge in [-0.25, -0.2) is 4.79 Å². The highest BCUT2D eigenvalue weighted by molar-refractivity contribution is 7.80. The first-order chi connectivity index (χ1) is 12.1. The van der Waals surface area contributed by atoms with Crippen molar-refractivity contribution in [1.82, 2.24) is 10.2 Å². The predicted molar refractivity (Wildman–Crippen MR) is 106 cm³/mol. The van der Waals surface area contributed by atoms with Crippen LogP contribution in [0.25, 0.3) is 0 Å². The van der Waals surface area contributed by atoms with E-state index in [0.29, 0.717) is 24.8 Å². The van der Waals surface area contributed by atoms with E-state index < -0.39 is 0 Å². The van der Waals surface area contributed by atoms with E-state index in [0.717, 1.165) is 31.4 Å². The van der Waals surface area contributed by atoms with Crippen molar-refractivity contribution >= 4 is 29.1 Å². The summed E-state index contributed by atoms with van der Waals surface area (Å²) in [6.45, 7) is 7.95. The number of thiocarbonyl (C=S) groups is 1. The van der Waals surface area contributed by atoms with E-state index in [4.69, 9.17) is 17.0 Å². The van der Waals surface area contributed by atoms with Gasteiger partial charge >= 0.3 is 6.09 Å². The highest BCUT2D eigenvalue weighted by atomic mass is 32.1. The molecule has 0 spiro atoms. The minimum Gasteiger partial charge on any atom is -0.450 e. The number of hydrogen-bond donors (Lipinski definition) is 2. The molecule has 0 saturated carbocycles. The van der Waals surface area contributed by atoms with Gasteiger partial charge in [0, 0.05) is 24.8 Å². The number of para-hydroxylation sites is 1. The summed E-state index contributed by atoms with van der Waals surface area (Å²) in [5.74, 6) is 0. The molecule has 0 aromatic heterocycles. The molecule has 2 N–H and O–H groups in total. The number of benzene rings is 1. The summed E-state index contributed by atoms with van der Waals surface area (Å²) in [4.78, 5) is 13.5. The van der Waals surface area contributed by atoms with Crippen LogP contribution in [-0.4, -0.2) is 41.8 Å². The van der Waals surface area contributed by atoms with Crippen LogP contribution in [0.5, 0.6) is 0 Å². The van der Waals surface area contributed by atoms with Gasteiger partial charge in [0.1, 0.15) is 0 Å². The lowest BCUT2D eigenvalue weighted by molar-refractivity contribution is 0.0964. The molecule has 0 radical (unpaired) electrons. The first-order valence-corrected chi connectivity index (χ1v) is 9.59. The lowest BCUT2D eigenvalue weighted by Crippen LogP contribution is -2.47. The molecule has 1 amide bonds. The Morgan fingerprint density at radius 3 is 2.32 bits per heavy atom. The van der Waals surface area contributed by atoms with Crippen molar-refractivity contribution in [2.24, 2.45) is 0 Å². The quantitative estimate of drug-likeness (QED) is 0.781.